The van der Waals surface area contributed by atoms with E-state index in [9.17, 15) is 0 Å². The highest BCUT2D eigenvalue weighted by Gasteiger charge is 2.13. The van der Waals surface area contributed by atoms with Crippen molar-refractivity contribution in [3.05, 3.63) is 33.7 Å². The van der Waals surface area contributed by atoms with Crippen LogP contribution >= 0.6 is 27.3 Å². The summed E-state index contributed by atoms with van der Waals surface area (Å²) in [6.07, 6.45) is 1.81. The lowest BCUT2D eigenvalue weighted by Gasteiger charge is -2.19. The summed E-state index contributed by atoms with van der Waals surface area (Å²) in [4.78, 5) is 7.42. The molecule has 0 radical (unpaired) electrons. The fourth-order valence-corrected chi connectivity index (χ4v) is 2.69. The van der Waals surface area contributed by atoms with Crippen LogP contribution < -0.4 is 15.4 Å². The molecule has 2 N–H and O–H groups in total. The normalized spacial score (nSPS) is 10.4. The molecule has 0 saturated carbocycles. The molecule has 0 saturated heterocycles. The summed E-state index contributed by atoms with van der Waals surface area (Å²) in [6.45, 7) is 0.515. The largest absolute Gasteiger partial charge is 0.495 e. The van der Waals surface area contributed by atoms with Crippen molar-refractivity contribution in [2.24, 2.45) is 5.73 Å². The van der Waals surface area contributed by atoms with Crippen LogP contribution in [0, 0.1) is 0 Å². The molecule has 0 bridgehead atoms. The van der Waals surface area contributed by atoms with Crippen LogP contribution in [0.25, 0.3) is 0 Å². The first kappa shape index (κ1) is 13.3. The molecule has 96 valence electrons. The average Bonchev–Trinajstić information content (AvgIpc) is 2.86. The van der Waals surface area contributed by atoms with E-state index in [4.69, 9.17) is 10.5 Å². The molecule has 0 aliphatic heterocycles. The molecule has 0 atom stereocenters. The van der Waals surface area contributed by atoms with Crippen LogP contribution in [0.2, 0.25) is 0 Å². The molecule has 0 fully saturated rings. The Kier molecular flexibility index (Phi) is 4.21. The van der Waals surface area contributed by atoms with Crippen LogP contribution in [0.1, 0.15) is 4.88 Å². The number of hydrogen-bond donors (Lipinski definition) is 1. The van der Waals surface area contributed by atoms with Crippen LogP contribution in [0.4, 0.5) is 10.8 Å². The zero-order valence-corrected chi connectivity index (χ0v) is 12.6. The standard InChI is InChI=1S/C12H14BrN3OS/c1-16(12-15-7-9(6-14)18-12)10-5-8(13)3-4-11(10)17-2/h3-5,7H,6,14H2,1-2H3. The van der Waals surface area contributed by atoms with Crippen molar-refractivity contribution in [2.75, 3.05) is 19.1 Å². The van der Waals surface area contributed by atoms with E-state index in [-0.39, 0.29) is 0 Å². The second-order valence-electron chi connectivity index (χ2n) is 3.69. The van der Waals surface area contributed by atoms with Crippen molar-refractivity contribution < 1.29 is 4.74 Å². The smallest absolute Gasteiger partial charge is 0.189 e. The Morgan fingerprint density at radius 2 is 2.28 bits per heavy atom. The van der Waals surface area contributed by atoms with Gasteiger partial charge in [-0.3, -0.25) is 0 Å². The molecule has 0 aliphatic rings. The SMILES string of the molecule is COc1ccc(Br)cc1N(C)c1ncc(CN)s1. The van der Waals surface area contributed by atoms with Crippen molar-refractivity contribution in [2.45, 2.75) is 6.54 Å². The van der Waals surface area contributed by atoms with Crippen molar-refractivity contribution in [3.8, 4) is 5.75 Å². The molecule has 1 aromatic carbocycles. The number of nitrogens with two attached hydrogens (primary N) is 1. The van der Waals surface area contributed by atoms with E-state index in [1.165, 1.54) is 0 Å². The molecule has 1 heterocycles. The molecule has 0 amide bonds. The predicted octanol–water partition coefficient (Wildman–Crippen LogP) is 3.14. The fraction of sp³-hybridized carbons (Fsp3) is 0.250. The predicted molar refractivity (Wildman–Crippen MR) is 78.8 cm³/mol. The third-order valence-electron chi connectivity index (χ3n) is 2.53. The molecular formula is C12H14BrN3OS. The Balaban J connectivity index is 2.38. The van der Waals surface area contributed by atoms with Gasteiger partial charge in [-0.1, -0.05) is 15.9 Å². The Morgan fingerprint density at radius 3 is 2.89 bits per heavy atom. The molecule has 0 aliphatic carbocycles. The number of rotatable bonds is 4. The minimum Gasteiger partial charge on any atom is -0.495 e. The van der Waals surface area contributed by atoms with Gasteiger partial charge >= 0.3 is 0 Å². The molecule has 0 spiro atoms. The van der Waals surface area contributed by atoms with E-state index >= 15 is 0 Å². The number of anilines is 2. The van der Waals surface area contributed by atoms with Gasteiger partial charge in [0.25, 0.3) is 0 Å². The van der Waals surface area contributed by atoms with Gasteiger partial charge in [0, 0.05) is 29.1 Å². The molecular weight excluding hydrogens is 314 g/mol. The third kappa shape index (κ3) is 2.66. The number of halogens is 1. The van der Waals surface area contributed by atoms with E-state index in [2.05, 4.69) is 20.9 Å². The highest BCUT2D eigenvalue weighted by molar-refractivity contribution is 9.10. The lowest BCUT2D eigenvalue weighted by atomic mass is 10.3. The zero-order chi connectivity index (χ0) is 13.1. The average molecular weight is 328 g/mol. The summed E-state index contributed by atoms with van der Waals surface area (Å²) < 4.78 is 6.37. The lowest BCUT2D eigenvalue weighted by Crippen LogP contribution is -2.10. The monoisotopic (exact) mass is 327 g/mol. The van der Waals surface area contributed by atoms with Gasteiger partial charge in [0.1, 0.15) is 5.75 Å². The minimum absolute atomic E-state index is 0.515. The summed E-state index contributed by atoms with van der Waals surface area (Å²) in [5.41, 5.74) is 6.56. The Morgan fingerprint density at radius 1 is 1.50 bits per heavy atom. The quantitative estimate of drug-likeness (QED) is 0.937. The first-order valence-corrected chi connectivity index (χ1v) is 6.98. The number of nitrogens with zero attached hydrogens (tertiary/aromatic N) is 2. The summed E-state index contributed by atoms with van der Waals surface area (Å²) in [6, 6.07) is 5.87. The van der Waals surface area contributed by atoms with Crippen LogP contribution in [-0.2, 0) is 6.54 Å². The maximum absolute atomic E-state index is 5.60. The molecule has 18 heavy (non-hydrogen) atoms. The summed E-state index contributed by atoms with van der Waals surface area (Å²) >= 11 is 5.05. The van der Waals surface area contributed by atoms with Gasteiger partial charge in [0.2, 0.25) is 0 Å². The van der Waals surface area contributed by atoms with Crippen LogP contribution in [0.5, 0.6) is 5.75 Å². The van der Waals surface area contributed by atoms with Gasteiger partial charge in [0.05, 0.1) is 12.8 Å². The Bertz CT molecular complexity index is 544. The van der Waals surface area contributed by atoms with Gasteiger partial charge in [-0.25, -0.2) is 4.98 Å². The van der Waals surface area contributed by atoms with Crippen LogP contribution in [0.15, 0.2) is 28.9 Å². The van der Waals surface area contributed by atoms with E-state index in [1.807, 2.05) is 30.1 Å². The molecule has 0 unspecified atom stereocenters. The second-order valence-corrected chi connectivity index (χ2v) is 5.70. The number of aromatic nitrogens is 1. The second kappa shape index (κ2) is 5.69. The summed E-state index contributed by atoms with van der Waals surface area (Å²) in [5, 5.41) is 0.895. The summed E-state index contributed by atoms with van der Waals surface area (Å²) in [7, 11) is 3.62. The molecule has 6 heteroatoms. The maximum Gasteiger partial charge on any atom is 0.189 e. The maximum atomic E-state index is 5.60. The van der Waals surface area contributed by atoms with Crippen LogP contribution in [0.3, 0.4) is 0 Å². The third-order valence-corrected chi connectivity index (χ3v) is 4.12. The van der Waals surface area contributed by atoms with Crippen molar-refractivity contribution in [1.29, 1.82) is 0 Å². The van der Waals surface area contributed by atoms with E-state index < -0.39 is 0 Å². The first-order chi connectivity index (χ1) is 8.65. The van der Waals surface area contributed by atoms with Crippen molar-refractivity contribution in [3.63, 3.8) is 0 Å². The molecule has 1 aromatic heterocycles. The number of benzene rings is 1. The van der Waals surface area contributed by atoms with Gasteiger partial charge in [-0.05, 0) is 18.2 Å². The van der Waals surface area contributed by atoms with Gasteiger partial charge in [-0.15, -0.1) is 11.3 Å². The van der Waals surface area contributed by atoms with Crippen molar-refractivity contribution >= 4 is 38.1 Å². The first-order valence-electron chi connectivity index (χ1n) is 5.37. The van der Waals surface area contributed by atoms with Gasteiger partial charge < -0.3 is 15.4 Å². The Labute approximate surface area is 119 Å². The van der Waals surface area contributed by atoms with Crippen molar-refractivity contribution in [1.82, 2.24) is 4.98 Å². The van der Waals surface area contributed by atoms with E-state index in [1.54, 1.807) is 24.6 Å². The zero-order valence-electron chi connectivity index (χ0n) is 10.2. The fourth-order valence-electron chi connectivity index (χ4n) is 1.57. The minimum atomic E-state index is 0.515. The number of ether oxygens (including phenoxy) is 1. The Hall–Kier alpha value is -1.11. The van der Waals surface area contributed by atoms with E-state index in [0.717, 1.165) is 25.9 Å². The molecule has 2 rings (SSSR count). The summed E-state index contributed by atoms with van der Waals surface area (Å²) in [5.74, 6) is 0.810. The van der Waals surface area contributed by atoms with Gasteiger partial charge in [0.15, 0.2) is 5.13 Å². The highest BCUT2D eigenvalue weighted by Crippen LogP contribution is 2.36. The number of methoxy groups -OCH3 is 1. The number of hydrogen-bond acceptors (Lipinski definition) is 5. The molecule has 2 aromatic rings. The van der Waals surface area contributed by atoms with Gasteiger partial charge in [-0.2, -0.15) is 0 Å². The van der Waals surface area contributed by atoms with Crippen LogP contribution in [-0.4, -0.2) is 19.1 Å². The lowest BCUT2D eigenvalue weighted by molar-refractivity contribution is 0.415. The topological polar surface area (TPSA) is 51.4 Å². The number of thiazole rings is 1. The molecule has 4 nitrogen and oxygen atoms in total. The highest BCUT2D eigenvalue weighted by atomic mass is 79.9. The van der Waals surface area contributed by atoms with E-state index in [0.29, 0.717) is 6.54 Å².